The summed E-state index contributed by atoms with van der Waals surface area (Å²) in [6, 6.07) is 0. The molecule has 0 aromatic carbocycles. The number of imidazole rings is 1. The minimum absolute atomic E-state index is 0.0537. The Kier molecular flexibility index (Phi) is 3.56. The van der Waals surface area contributed by atoms with Crippen molar-refractivity contribution in [3.63, 3.8) is 0 Å². The average molecular weight is 270 g/mol. The van der Waals surface area contributed by atoms with E-state index in [2.05, 4.69) is 15.4 Å². The lowest BCUT2D eigenvalue weighted by Gasteiger charge is -2.07. The van der Waals surface area contributed by atoms with E-state index in [1.54, 1.807) is 4.68 Å². The van der Waals surface area contributed by atoms with Crippen LogP contribution in [0.15, 0.2) is 0 Å². The number of aryl methyl sites for hydroxylation is 2. The largest absolute Gasteiger partial charge is 0.355 e. The van der Waals surface area contributed by atoms with E-state index in [0.717, 1.165) is 16.9 Å². The molecule has 0 aliphatic carbocycles. The number of halogens is 1. The number of carbonyl (C=O) groups excluding carboxylic acids is 1. The number of rotatable bonds is 4. The number of hydrogen-bond acceptors (Lipinski definition) is 3. The number of alkyl halides is 1. The van der Waals surface area contributed by atoms with Crippen molar-refractivity contribution in [1.82, 2.24) is 24.6 Å². The van der Waals surface area contributed by atoms with Crippen molar-refractivity contribution in [1.29, 1.82) is 0 Å². The molecule has 0 unspecified atom stereocenters. The Morgan fingerprint density at radius 2 is 2.22 bits per heavy atom. The summed E-state index contributed by atoms with van der Waals surface area (Å²) < 4.78 is 3.54. The molecule has 7 heteroatoms. The van der Waals surface area contributed by atoms with Gasteiger partial charge in [0.2, 0.25) is 5.91 Å². The molecule has 0 spiro atoms. The van der Waals surface area contributed by atoms with Crippen molar-refractivity contribution in [3.05, 3.63) is 11.5 Å². The van der Waals surface area contributed by atoms with Gasteiger partial charge in [-0.25, -0.2) is 4.98 Å². The number of carbonyl (C=O) groups is 1. The minimum Gasteiger partial charge on any atom is -0.355 e. The zero-order chi connectivity index (χ0) is 13.3. The summed E-state index contributed by atoms with van der Waals surface area (Å²) in [7, 11) is 1.84. The van der Waals surface area contributed by atoms with Crippen molar-refractivity contribution in [2.45, 2.75) is 26.3 Å². The van der Waals surface area contributed by atoms with Gasteiger partial charge in [0, 0.05) is 13.6 Å². The third-order valence-electron chi connectivity index (χ3n) is 2.76. The highest BCUT2D eigenvalue weighted by molar-refractivity contribution is 6.16. The van der Waals surface area contributed by atoms with Gasteiger partial charge in [-0.3, -0.25) is 9.48 Å². The van der Waals surface area contributed by atoms with Gasteiger partial charge in [0.05, 0.1) is 11.6 Å². The average Bonchev–Trinajstić information content (AvgIpc) is 2.80. The molecule has 0 fully saturated rings. The summed E-state index contributed by atoms with van der Waals surface area (Å²) in [5.74, 6) is 0.907. The maximum atomic E-state index is 11.7. The molecule has 2 aromatic heterocycles. The monoisotopic (exact) mass is 269 g/mol. The van der Waals surface area contributed by atoms with Crippen LogP contribution in [0.5, 0.6) is 0 Å². The van der Waals surface area contributed by atoms with Crippen molar-refractivity contribution >= 4 is 28.7 Å². The Morgan fingerprint density at radius 3 is 2.83 bits per heavy atom. The number of nitrogens with zero attached hydrogens (tertiary/aromatic N) is 4. The summed E-state index contributed by atoms with van der Waals surface area (Å²) in [5, 5.41) is 7.06. The molecule has 98 valence electrons. The highest BCUT2D eigenvalue weighted by Gasteiger charge is 2.18. The fourth-order valence-corrected chi connectivity index (χ4v) is 2.25. The molecule has 0 bridgehead atoms. The normalized spacial score (nSPS) is 11.1. The lowest BCUT2D eigenvalue weighted by Crippen LogP contribution is -2.28. The Morgan fingerprint density at radius 1 is 1.50 bits per heavy atom. The smallest absolute Gasteiger partial charge is 0.240 e. The van der Waals surface area contributed by atoms with E-state index in [9.17, 15) is 4.79 Å². The van der Waals surface area contributed by atoms with E-state index in [4.69, 9.17) is 11.6 Å². The van der Waals surface area contributed by atoms with E-state index in [1.165, 1.54) is 0 Å². The molecule has 1 N–H and O–H groups in total. The number of fused-ring (bicyclic) bond motifs is 1. The van der Waals surface area contributed by atoms with Crippen molar-refractivity contribution in [3.8, 4) is 0 Å². The van der Waals surface area contributed by atoms with Crippen LogP contribution in [-0.2, 0) is 24.3 Å². The van der Waals surface area contributed by atoms with Crippen LogP contribution in [0.1, 0.15) is 18.4 Å². The fraction of sp³-hybridized carbons (Fsp3) is 0.545. The van der Waals surface area contributed by atoms with E-state index < -0.39 is 0 Å². The number of likely N-dealkylation sites (N-methyl/N-ethyl adjacent to an activating group) is 1. The standard InChI is InChI=1S/C11H16ClN5O/c1-4-13-9(18)6-17-8(5-12)14-10-7(2)15-16(3)11(10)17/h4-6H2,1-3H3,(H,13,18). The van der Waals surface area contributed by atoms with Gasteiger partial charge in [-0.05, 0) is 13.8 Å². The van der Waals surface area contributed by atoms with Gasteiger partial charge in [-0.1, -0.05) is 0 Å². The molecule has 0 radical (unpaired) electrons. The molecular weight excluding hydrogens is 254 g/mol. The van der Waals surface area contributed by atoms with E-state index in [0.29, 0.717) is 12.4 Å². The van der Waals surface area contributed by atoms with Crippen LogP contribution < -0.4 is 5.32 Å². The Balaban J connectivity index is 2.49. The lowest BCUT2D eigenvalue weighted by atomic mass is 10.4. The molecule has 0 saturated heterocycles. The molecule has 0 aliphatic rings. The van der Waals surface area contributed by atoms with Crippen molar-refractivity contribution < 1.29 is 4.79 Å². The Labute approximate surface area is 110 Å². The maximum Gasteiger partial charge on any atom is 0.240 e. The number of nitrogens with one attached hydrogen (secondary N) is 1. The predicted octanol–water partition coefficient (Wildman–Crippen LogP) is 0.953. The molecule has 6 nitrogen and oxygen atoms in total. The molecule has 2 aromatic rings. The van der Waals surface area contributed by atoms with Gasteiger partial charge < -0.3 is 9.88 Å². The zero-order valence-corrected chi connectivity index (χ0v) is 11.5. The molecule has 18 heavy (non-hydrogen) atoms. The summed E-state index contributed by atoms with van der Waals surface area (Å²) >= 11 is 5.88. The second kappa shape index (κ2) is 4.97. The van der Waals surface area contributed by atoms with Crippen LogP contribution >= 0.6 is 11.6 Å². The van der Waals surface area contributed by atoms with Gasteiger partial charge in [0.25, 0.3) is 0 Å². The molecule has 0 saturated carbocycles. The lowest BCUT2D eigenvalue weighted by molar-refractivity contribution is -0.121. The van der Waals surface area contributed by atoms with E-state index >= 15 is 0 Å². The summed E-state index contributed by atoms with van der Waals surface area (Å²) in [6.07, 6.45) is 0. The number of amides is 1. The first-order valence-electron chi connectivity index (χ1n) is 5.79. The minimum atomic E-state index is -0.0537. The van der Waals surface area contributed by atoms with Gasteiger partial charge in [-0.2, -0.15) is 5.10 Å². The second-order valence-corrected chi connectivity index (χ2v) is 4.35. The quantitative estimate of drug-likeness (QED) is 0.841. The van der Waals surface area contributed by atoms with Gasteiger partial charge in [0.15, 0.2) is 5.65 Å². The van der Waals surface area contributed by atoms with Gasteiger partial charge >= 0.3 is 0 Å². The molecule has 2 heterocycles. The van der Waals surface area contributed by atoms with Gasteiger partial charge in [-0.15, -0.1) is 11.6 Å². The third kappa shape index (κ3) is 2.08. The van der Waals surface area contributed by atoms with Gasteiger partial charge in [0.1, 0.15) is 17.9 Å². The molecule has 1 amide bonds. The summed E-state index contributed by atoms with van der Waals surface area (Å²) in [4.78, 5) is 16.1. The Bertz CT molecular complexity index is 586. The van der Waals surface area contributed by atoms with Crippen LogP contribution in [0.3, 0.4) is 0 Å². The molecule has 0 atom stereocenters. The highest BCUT2D eigenvalue weighted by Crippen LogP contribution is 2.19. The second-order valence-electron chi connectivity index (χ2n) is 4.08. The van der Waals surface area contributed by atoms with E-state index in [-0.39, 0.29) is 18.3 Å². The molecule has 0 aliphatic heterocycles. The topological polar surface area (TPSA) is 64.7 Å². The van der Waals surface area contributed by atoms with E-state index in [1.807, 2.05) is 25.5 Å². The number of hydrogen-bond donors (Lipinski definition) is 1. The first kappa shape index (κ1) is 12.9. The molecular formula is C11H16ClN5O. The number of aromatic nitrogens is 4. The fourth-order valence-electron chi connectivity index (χ4n) is 2.04. The maximum absolute atomic E-state index is 11.7. The van der Waals surface area contributed by atoms with Crippen LogP contribution in [-0.4, -0.2) is 31.8 Å². The Hall–Kier alpha value is -1.56. The van der Waals surface area contributed by atoms with Crippen molar-refractivity contribution in [2.75, 3.05) is 6.54 Å². The third-order valence-corrected chi connectivity index (χ3v) is 3.00. The van der Waals surface area contributed by atoms with Crippen LogP contribution in [0.4, 0.5) is 0 Å². The first-order chi connectivity index (χ1) is 8.58. The highest BCUT2D eigenvalue weighted by atomic mass is 35.5. The van der Waals surface area contributed by atoms with Crippen molar-refractivity contribution in [2.24, 2.45) is 7.05 Å². The zero-order valence-electron chi connectivity index (χ0n) is 10.7. The van der Waals surface area contributed by atoms with Crippen LogP contribution in [0.25, 0.3) is 11.2 Å². The van der Waals surface area contributed by atoms with Crippen LogP contribution in [0.2, 0.25) is 0 Å². The summed E-state index contributed by atoms with van der Waals surface area (Å²) in [5.41, 5.74) is 2.47. The molecule has 2 rings (SSSR count). The van der Waals surface area contributed by atoms with Crippen LogP contribution in [0, 0.1) is 6.92 Å². The SMILES string of the molecule is CCNC(=O)Cn1c(CCl)nc2c(C)nn(C)c21. The first-order valence-corrected chi connectivity index (χ1v) is 6.33. The summed E-state index contributed by atoms with van der Waals surface area (Å²) in [6.45, 7) is 4.60. The predicted molar refractivity (Wildman–Crippen MR) is 69.5 cm³/mol.